The fourth-order valence-electron chi connectivity index (χ4n) is 2.00. The van der Waals surface area contributed by atoms with E-state index in [0.29, 0.717) is 6.04 Å². The van der Waals surface area contributed by atoms with Crippen LogP contribution >= 0.6 is 11.3 Å². The molecule has 0 bridgehead atoms. The van der Waals surface area contributed by atoms with Crippen molar-refractivity contribution in [2.45, 2.75) is 32.4 Å². The van der Waals surface area contributed by atoms with Crippen molar-refractivity contribution in [1.82, 2.24) is 14.9 Å². The summed E-state index contributed by atoms with van der Waals surface area (Å²) in [6, 6.07) is 4.71. The van der Waals surface area contributed by atoms with Gasteiger partial charge < -0.3 is 9.88 Å². The van der Waals surface area contributed by atoms with E-state index in [1.54, 1.807) is 11.3 Å². The molecule has 1 unspecified atom stereocenters. The maximum atomic E-state index is 4.45. The number of rotatable bonds is 6. The van der Waals surface area contributed by atoms with Gasteiger partial charge in [0.25, 0.3) is 0 Å². The summed E-state index contributed by atoms with van der Waals surface area (Å²) in [5, 5.41) is 5.46. The minimum absolute atomic E-state index is 0.521. The smallest absolute Gasteiger partial charge is 0.150 e. The van der Waals surface area contributed by atoms with Crippen LogP contribution in [0.15, 0.2) is 29.9 Å². The van der Waals surface area contributed by atoms with Crippen LogP contribution in [-0.4, -0.2) is 22.6 Å². The summed E-state index contributed by atoms with van der Waals surface area (Å²) in [4.78, 5) is 5.69. The molecule has 2 heterocycles. The first-order valence-corrected chi connectivity index (χ1v) is 6.95. The first-order valence-electron chi connectivity index (χ1n) is 6.07. The highest BCUT2D eigenvalue weighted by atomic mass is 32.1. The zero-order valence-corrected chi connectivity index (χ0v) is 11.2. The van der Waals surface area contributed by atoms with Crippen molar-refractivity contribution >= 4 is 11.3 Å². The van der Waals surface area contributed by atoms with Crippen molar-refractivity contribution in [1.29, 1.82) is 0 Å². The van der Waals surface area contributed by atoms with Crippen LogP contribution in [0, 0.1) is 0 Å². The Morgan fingerprint density at radius 3 is 3.06 bits per heavy atom. The lowest BCUT2D eigenvalue weighted by Gasteiger charge is -2.17. The van der Waals surface area contributed by atoms with Crippen molar-refractivity contribution in [3.8, 4) is 10.7 Å². The number of thiophene rings is 1. The van der Waals surface area contributed by atoms with Gasteiger partial charge in [-0.05, 0) is 24.9 Å². The lowest BCUT2D eigenvalue weighted by molar-refractivity contribution is 0.451. The number of nitrogens with zero attached hydrogens (tertiary/aromatic N) is 2. The summed E-state index contributed by atoms with van der Waals surface area (Å²) in [5.74, 6) is 1.08. The van der Waals surface area contributed by atoms with Gasteiger partial charge in [0.15, 0.2) is 0 Å². The van der Waals surface area contributed by atoms with Gasteiger partial charge in [0, 0.05) is 25.0 Å². The molecular formula is C13H19N3S. The largest absolute Gasteiger partial charge is 0.329 e. The van der Waals surface area contributed by atoms with Crippen molar-refractivity contribution in [2.24, 2.45) is 0 Å². The topological polar surface area (TPSA) is 29.9 Å². The van der Waals surface area contributed by atoms with Crippen LogP contribution in [-0.2, 0) is 6.54 Å². The summed E-state index contributed by atoms with van der Waals surface area (Å²) in [5.41, 5.74) is 0. The zero-order chi connectivity index (χ0) is 12.1. The molecule has 0 aliphatic carbocycles. The van der Waals surface area contributed by atoms with Gasteiger partial charge in [-0.15, -0.1) is 11.3 Å². The Balaban J connectivity index is 2.14. The Labute approximate surface area is 107 Å². The molecule has 92 valence electrons. The minimum Gasteiger partial charge on any atom is -0.329 e. The van der Waals surface area contributed by atoms with Crippen LogP contribution in [0.5, 0.6) is 0 Å². The first kappa shape index (κ1) is 12.3. The van der Waals surface area contributed by atoms with Gasteiger partial charge in [-0.1, -0.05) is 19.4 Å². The van der Waals surface area contributed by atoms with E-state index < -0.39 is 0 Å². The molecule has 0 aliphatic heterocycles. The number of nitrogens with one attached hydrogen (secondary N) is 1. The number of imidazole rings is 1. The average molecular weight is 249 g/mol. The predicted octanol–water partition coefficient (Wildman–Crippen LogP) is 3.00. The molecule has 2 rings (SSSR count). The van der Waals surface area contributed by atoms with Gasteiger partial charge in [-0.2, -0.15) is 0 Å². The molecule has 2 aromatic heterocycles. The average Bonchev–Trinajstić information content (AvgIpc) is 2.98. The molecule has 0 amide bonds. The lowest BCUT2D eigenvalue weighted by atomic mass is 10.1. The highest BCUT2D eigenvalue weighted by molar-refractivity contribution is 7.13. The Morgan fingerprint density at radius 1 is 1.53 bits per heavy atom. The minimum atomic E-state index is 0.521. The molecule has 1 N–H and O–H groups in total. The van der Waals surface area contributed by atoms with Crippen LogP contribution in [0.1, 0.15) is 19.8 Å². The first-order chi connectivity index (χ1) is 8.35. The Morgan fingerprint density at radius 2 is 2.41 bits per heavy atom. The highest BCUT2D eigenvalue weighted by Crippen LogP contribution is 2.23. The van der Waals surface area contributed by atoms with Crippen LogP contribution in [0.4, 0.5) is 0 Å². The summed E-state index contributed by atoms with van der Waals surface area (Å²) in [6.07, 6.45) is 6.34. The van der Waals surface area contributed by atoms with Crippen molar-refractivity contribution < 1.29 is 0 Å². The zero-order valence-electron chi connectivity index (χ0n) is 10.4. The molecule has 0 fully saturated rings. The predicted molar refractivity (Wildman–Crippen MR) is 73.3 cm³/mol. The molecular weight excluding hydrogens is 230 g/mol. The molecule has 4 heteroatoms. The number of likely N-dealkylation sites (N-methyl/N-ethyl adjacent to an activating group) is 1. The van der Waals surface area contributed by atoms with Gasteiger partial charge >= 0.3 is 0 Å². The summed E-state index contributed by atoms with van der Waals surface area (Å²) in [7, 11) is 2.03. The molecule has 1 atom stereocenters. The Kier molecular flexibility index (Phi) is 4.34. The fraction of sp³-hybridized carbons (Fsp3) is 0.462. The van der Waals surface area contributed by atoms with E-state index >= 15 is 0 Å². The quantitative estimate of drug-likeness (QED) is 0.853. The van der Waals surface area contributed by atoms with Crippen LogP contribution in [0.25, 0.3) is 10.7 Å². The Hall–Kier alpha value is -1.13. The van der Waals surface area contributed by atoms with Crippen LogP contribution in [0.3, 0.4) is 0 Å². The third-order valence-corrected chi connectivity index (χ3v) is 3.79. The van der Waals surface area contributed by atoms with E-state index in [1.165, 1.54) is 17.7 Å². The van der Waals surface area contributed by atoms with Crippen LogP contribution < -0.4 is 5.32 Å². The number of hydrogen-bond acceptors (Lipinski definition) is 3. The van der Waals surface area contributed by atoms with Crippen molar-refractivity contribution in [2.75, 3.05) is 7.05 Å². The second-order valence-corrected chi connectivity index (χ2v) is 5.10. The van der Waals surface area contributed by atoms with Gasteiger partial charge in [-0.3, -0.25) is 0 Å². The van der Waals surface area contributed by atoms with E-state index in [1.807, 2.05) is 13.2 Å². The maximum absolute atomic E-state index is 4.45. The van der Waals surface area contributed by atoms with E-state index in [2.05, 4.69) is 45.5 Å². The third-order valence-electron chi connectivity index (χ3n) is 2.92. The molecule has 0 radical (unpaired) electrons. The van der Waals surface area contributed by atoms with Gasteiger partial charge in [0.1, 0.15) is 5.82 Å². The highest BCUT2D eigenvalue weighted by Gasteiger charge is 2.11. The van der Waals surface area contributed by atoms with Crippen molar-refractivity contribution in [3.05, 3.63) is 29.9 Å². The Bertz CT molecular complexity index is 433. The molecule has 3 nitrogen and oxygen atoms in total. The van der Waals surface area contributed by atoms with E-state index in [0.717, 1.165) is 12.4 Å². The second-order valence-electron chi connectivity index (χ2n) is 4.15. The standard InChI is InChI=1S/C13H19N3S/c1-3-5-11(14-2)10-16-8-7-15-13(16)12-6-4-9-17-12/h4,6-9,11,14H,3,5,10H2,1-2H3. The molecule has 0 saturated carbocycles. The monoisotopic (exact) mass is 249 g/mol. The van der Waals surface area contributed by atoms with E-state index in [-0.39, 0.29) is 0 Å². The second kappa shape index (κ2) is 5.98. The molecule has 0 aromatic carbocycles. The SMILES string of the molecule is CCCC(Cn1ccnc1-c1cccs1)NC. The van der Waals surface area contributed by atoms with Gasteiger partial charge in [0.2, 0.25) is 0 Å². The maximum Gasteiger partial charge on any atom is 0.150 e. The number of aromatic nitrogens is 2. The normalized spacial score (nSPS) is 12.8. The summed E-state index contributed by atoms with van der Waals surface area (Å²) < 4.78 is 2.24. The molecule has 0 aliphatic rings. The molecule has 2 aromatic rings. The molecule has 0 spiro atoms. The van der Waals surface area contributed by atoms with E-state index in [9.17, 15) is 0 Å². The van der Waals surface area contributed by atoms with Crippen molar-refractivity contribution in [3.63, 3.8) is 0 Å². The van der Waals surface area contributed by atoms with Crippen LogP contribution in [0.2, 0.25) is 0 Å². The molecule has 17 heavy (non-hydrogen) atoms. The fourth-order valence-corrected chi connectivity index (χ4v) is 2.74. The van der Waals surface area contributed by atoms with E-state index in [4.69, 9.17) is 0 Å². The lowest BCUT2D eigenvalue weighted by Crippen LogP contribution is -2.29. The van der Waals surface area contributed by atoms with Gasteiger partial charge in [-0.25, -0.2) is 4.98 Å². The summed E-state index contributed by atoms with van der Waals surface area (Å²) in [6.45, 7) is 3.20. The molecule has 0 saturated heterocycles. The summed E-state index contributed by atoms with van der Waals surface area (Å²) >= 11 is 1.74. The third kappa shape index (κ3) is 2.96. The van der Waals surface area contributed by atoms with Gasteiger partial charge in [0.05, 0.1) is 4.88 Å². The number of hydrogen-bond donors (Lipinski definition) is 1.